The Balaban J connectivity index is 1.86. The Labute approximate surface area is 183 Å². The van der Waals surface area contributed by atoms with Gasteiger partial charge in [-0.15, -0.1) is 0 Å². The molecule has 0 aliphatic rings. The van der Waals surface area contributed by atoms with Crippen LogP contribution in [0, 0.1) is 0 Å². The highest BCUT2D eigenvalue weighted by Gasteiger charge is 2.20. The van der Waals surface area contributed by atoms with Gasteiger partial charge in [-0.25, -0.2) is 0 Å². The van der Waals surface area contributed by atoms with Gasteiger partial charge >= 0.3 is 0 Å². The monoisotopic (exact) mass is 434 g/mol. The average Bonchev–Trinajstić information content (AvgIpc) is 3.13. The summed E-state index contributed by atoms with van der Waals surface area (Å²) in [4.78, 5) is 24.7. The van der Waals surface area contributed by atoms with Crippen molar-refractivity contribution in [2.75, 3.05) is 5.32 Å². The third-order valence-corrected chi connectivity index (χ3v) is 5.14. The van der Waals surface area contributed by atoms with Crippen LogP contribution in [0.4, 0.5) is 5.69 Å². The Morgan fingerprint density at radius 3 is 2.03 bits per heavy atom. The number of nitrogens with zero attached hydrogens (tertiary/aromatic N) is 1. The summed E-state index contributed by atoms with van der Waals surface area (Å²) in [7, 11) is 0. The lowest BCUT2D eigenvalue weighted by Gasteiger charge is -2.14. The van der Waals surface area contributed by atoms with Crippen molar-refractivity contribution in [1.29, 1.82) is 0 Å². The van der Waals surface area contributed by atoms with Crippen LogP contribution in [0.1, 0.15) is 20.8 Å². The molecule has 0 unspecified atom stereocenters. The predicted octanol–water partition coefficient (Wildman–Crippen LogP) is 6.52. The molecule has 3 aromatic carbocycles. The van der Waals surface area contributed by atoms with E-state index in [1.807, 2.05) is 42.5 Å². The molecule has 0 bridgehead atoms. The van der Waals surface area contributed by atoms with Crippen molar-refractivity contribution in [2.45, 2.75) is 0 Å². The minimum atomic E-state index is -0.297. The molecule has 4 rings (SSSR count). The number of halogens is 2. The average molecular weight is 435 g/mol. The molecule has 148 valence electrons. The predicted molar refractivity (Wildman–Crippen MR) is 121 cm³/mol. The highest BCUT2D eigenvalue weighted by Crippen LogP contribution is 2.35. The molecule has 0 aliphatic heterocycles. The topological polar surface area (TPSA) is 51.1 Å². The van der Waals surface area contributed by atoms with E-state index in [-0.39, 0.29) is 5.91 Å². The Bertz CT molecular complexity index is 1200. The van der Waals surface area contributed by atoms with Crippen LogP contribution in [0.2, 0.25) is 10.0 Å². The number of anilines is 1. The summed E-state index contributed by atoms with van der Waals surface area (Å²) in [6.45, 7) is 0. The van der Waals surface area contributed by atoms with Crippen LogP contribution in [0.15, 0.2) is 84.9 Å². The fraction of sp³-hybridized carbons (Fsp3) is 0. The number of hydrogen-bond donors (Lipinski definition) is 1. The molecule has 1 heterocycles. The van der Waals surface area contributed by atoms with Gasteiger partial charge in [0.15, 0.2) is 6.29 Å². The number of amides is 1. The third-order valence-electron chi connectivity index (χ3n) is 4.64. The zero-order valence-electron chi connectivity index (χ0n) is 15.7. The Morgan fingerprint density at radius 2 is 1.43 bits per heavy atom. The van der Waals surface area contributed by atoms with E-state index in [0.29, 0.717) is 32.7 Å². The lowest BCUT2D eigenvalue weighted by atomic mass is 10.1. The van der Waals surface area contributed by atoms with Gasteiger partial charge in [0.1, 0.15) is 0 Å². The maximum absolute atomic E-state index is 12.8. The summed E-state index contributed by atoms with van der Waals surface area (Å²) in [6, 6.07) is 25.0. The fourth-order valence-electron chi connectivity index (χ4n) is 3.26. The molecule has 0 radical (unpaired) electrons. The first-order valence-corrected chi connectivity index (χ1v) is 9.91. The molecular weight excluding hydrogens is 419 g/mol. The molecule has 0 spiro atoms. The largest absolute Gasteiger partial charge is 0.320 e. The molecule has 1 N–H and O–H groups in total. The highest BCUT2D eigenvalue weighted by atomic mass is 35.5. The smallest absolute Gasteiger partial charge is 0.255 e. The Kier molecular flexibility index (Phi) is 5.70. The quantitative estimate of drug-likeness (QED) is 0.363. The molecular formula is C24H16Cl2N2O2. The summed E-state index contributed by atoms with van der Waals surface area (Å²) in [6.07, 6.45) is 0.763. The zero-order chi connectivity index (χ0) is 21.1. The van der Waals surface area contributed by atoms with Crippen LogP contribution in [0.3, 0.4) is 0 Å². The molecule has 0 aliphatic carbocycles. The van der Waals surface area contributed by atoms with Crippen molar-refractivity contribution < 1.29 is 9.59 Å². The summed E-state index contributed by atoms with van der Waals surface area (Å²) in [5, 5.41) is 4.08. The molecule has 0 atom stereocenters. The second-order valence-electron chi connectivity index (χ2n) is 6.59. The molecule has 1 amide bonds. The second kappa shape index (κ2) is 8.57. The van der Waals surface area contributed by atoms with E-state index in [1.165, 1.54) is 0 Å². The lowest BCUT2D eigenvalue weighted by Crippen LogP contribution is -2.12. The van der Waals surface area contributed by atoms with Crippen LogP contribution >= 0.6 is 23.2 Å². The van der Waals surface area contributed by atoms with Gasteiger partial charge in [-0.3, -0.25) is 9.59 Å². The van der Waals surface area contributed by atoms with Crippen molar-refractivity contribution in [3.63, 3.8) is 0 Å². The van der Waals surface area contributed by atoms with E-state index in [1.54, 1.807) is 47.0 Å². The number of nitrogens with one attached hydrogen (secondary N) is 1. The van der Waals surface area contributed by atoms with Gasteiger partial charge in [-0.1, -0.05) is 53.5 Å². The Morgan fingerprint density at radius 1 is 0.833 bits per heavy atom. The van der Waals surface area contributed by atoms with Crippen molar-refractivity contribution in [2.24, 2.45) is 0 Å². The van der Waals surface area contributed by atoms with Gasteiger partial charge < -0.3 is 9.88 Å². The summed E-state index contributed by atoms with van der Waals surface area (Å²) in [5.74, 6) is -0.297. The van der Waals surface area contributed by atoms with Gasteiger partial charge in [-0.05, 0) is 54.6 Å². The van der Waals surface area contributed by atoms with Gasteiger partial charge in [0.25, 0.3) is 5.91 Å². The number of carbonyl (C=O) groups excluding carboxylic acids is 2. The number of carbonyl (C=O) groups is 2. The van der Waals surface area contributed by atoms with Gasteiger partial charge in [0.2, 0.25) is 0 Å². The minimum absolute atomic E-state index is 0.297. The molecule has 4 aromatic rings. The number of benzene rings is 3. The van der Waals surface area contributed by atoms with Crippen LogP contribution < -0.4 is 5.32 Å². The molecule has 4 nitrogen and oxygen atoms in total. The lowest BCUT2D eigenvalue weighted by molar-refractivity contribution is 0.102. The number of aromatic nitrogens is 1. The first kappa shape index (κ1) is 20.0. The van der Waals surface area contributed by atoms with Gasteiger partial charge in [0, 0.05) is 26.9 Å². The van der Waals surface area contributed by atoms with Crippen LogP contribution in [0.5, 0.6) is 0 Å². The maximum atomic E-state index is 12.8. The normalized spacial score (nSPS) is 10.6. The first-order chi connectivity index (χ1) is 14.6. The second-order valence-corrected chi connectivity index (χ2v) is 7.46. The van der Waals surface area contributed by atoms with Crippen molar-refractivity contribution in [3.05, 3.63) is 106 Å². The van der Waals surface area contributed by atoms with Gasteiger partial charge in [0.05, 0.1) is 17.1 Å². The number of hydrogen-bond acceptors (Lipinski definition) is 2. The number of rotatable bonds is 5. The van der Waals surface area contributed by atoms with Crippen molar-refractivity contribution in [3.8, 4) is 16.9 Å². The van der Waals surface area contributed by atoms with Crippen molar-refractivity contribution >= 4 is 41.1 Å². The van der Waals surface area contributed by atoms with E-state index in [9.17, 15) is 9.59 Å². The molecule has 0 saturated carbocycles. The SMILES string of the molecule is O=Cc1cc(NC(=O)c2ccc(Cl)cc2)c(-c2ccccc2)n1-c1ccc(Cl)cc1. The fourth-order valence-corrected chi connectivity index (χ4v) is 3.51. The molecule has 1 aromatic heterocycles. The Hall–Kier alpha value is -3.34. The number of aldehydes is 1. The zero-order valence-corrected chi connectivity index (χ0v) is 17.2. The highest BCUT2D eigenvalue weighted by molar-refractivity contribution is 6.31. The van der Waals surface area contributed by atoms with Crippen molar-refractivity contribution in [1.82, 2.24) is 4.57 Å². The van der Waals surface area contributed by atoms with E-state index in [0.717, 1.165) is 17.5 Å². The van der Waals surface area contributed by atoms with Gasteiger partial charge in [-0.2, -0.15) is 0 Å². The summed E-state index contributed by atoms with van der Waals surface area (Å²) < 4.78 is 1.80. The van der Waals surface area contributed by atoms with Crippen LogP contribution in [-0.4, -0.2) is 16.8 Å². The van der Waals surface area contributed by atoms with E-state index in [2.05, 4.69) is 5.32 Å². The first-order valence-electron chi connectivity index (χ1n) is 9.16. The van der Waals surface area contributed by atoms with E-state index < -0.39 is 0 Å². The van der Waals surface area contributed by atoms with E-state index in [4.69, 9.17) is 23.2 Å². The van der Waals surface area contributed by atoms with E-state index >= 15 is 0 Å². The molecule has 0 saturated heterocycles. The van der Waals surface area contributed by atoms with Crippen LogP contribution in [-0.2, 0) is 0 Å². The standard InChI is InChI=1S/C24H16Cl2N2O2/c25-18-8-6-17(7-9-18)24(30)27-22-14-21(15-29)28(20-12-10-19(26)11-13-20)23(22)16-4-2-1-3-5-16/h1-15H,(H,27,30). The van der Waals surface area contributed by atoms with Crippen LogP contribution in [0.25, 0.3) is 16.9 Å². The maximum Gasteiger partial charge on any atom is 0.255 e. The molecule has 0 fully saturated rings. The minimum Gasteiger partial charge on any atom is -0.320 e. The summed E-state index contributed by atoms with van der Waals surface area (Å²) >= 11 is 12.0. The third kappa shape index (κ3) is 4.01. The summed E-state index contributed by atoms with van der Waals surface area (Å²) in [5.41, 5.74) is 3.70. The molecule has 6 heteroatoms. The molecule has 30 heavy (non-hydrogen) atoms.